The highest BCUT2D eigenvalue weighted by atomic mass is 35.5. The first-order valence-corrected chi connectivity index (χ1v) is 5.07. The van der Waals surface area contributed by atoms with E-state index in [2.05, 4.69) is 10.1 Å². The van der Waals surface area contributed by atoms with Crippen LogP contribution in [0.1, 0.15) is 5.56 Å². The predicted molar refractivity (Wildman–Crippen MR) is 60.4 cm³/mol. The van der Waals surface area contributed by atoms with Crippen molar-refractivity contribution >= 4 is 17.7 Å². The van der Waals surface area contributed by atoms with Gasteiger partial charge in [-0.15, -0.1) is 0 Å². The molecule has 0 heterocycles. The Morgan fingerprint density at radius 1 is 1.56 bits per heavy atom. The van der Waals surface area contributed by atoms with Crippen LogP contribution in [0.5, 0.6) is 5.75 Å². The molecule has 0 unspecified atom stereocenters. The van der Waals surface area contributed by atoms with Crippen LogP contribution in [0, 0.1) is 0 Å². The van der Waals surface area contributed by atoms with E-state index in [4.69, 9.17) is 17.3 Å². The number of carbonyl (C=O) groups excluding carboxylic acids is 1. The first kappa shape index (κ1) is 12.6. The van der Waals surface area contributed by atoms with Gasteiger partial charge in [0.2, 0.25) is 0 Å². The minimum absolute atomic E-state index is 0.174. The third-order valence-electron chi connectivity index (χ3n) is 1.88. The molecule has 16 heavy (non-hydrogen) atoms. The van der Waals surface area contributed by atoms with E-state index in [9.17, 15) is 9.90 Å². The molecule has 4 N–H and O–H groups in total. The van der Waals surface area contributed by atoms with Gasteiger partial charge in [0.1, 0.15) is 12.4 Å². The van der Waals surface area contributed by atoms with Crippen LogP contribution in [-0.2, 0) is 11.3 Å². The van der Waals surface area contributed by atoms with Gasteiger partial charge in [-0.3, -0.25) is 0 Å². The van der Waals surface area contributed by atoms with Gasteiger partial charge >= 0.3 is 6.09 Å². The van der Waals surface area contributed by atoms with Gasteiger partial charge in [0.15, 0.2) is 0 Å². The number of phenolic OH excluding ortho intramolecular Hbond substituents is 1. The molecule has 0 saturated heterocycles. The average Bonchev–Trinajstić information content (AvgIpc) is 2.22. The van der Waals surface area contributed by atoms with Gasteiger partial charge in [-0.25, -0.2) is 4.79 Å². The molecule has 0 aliphatic heterocycles. The minimum Gasteiger partial charge on any atom is -0.508 e. The van der Waals surface area contributed by atoms with Crippen molar-refractivity contribution in [2.75, 3.05) is 13.2 Å². The van der Waals surface area contributed by atoms with E-state index in [1.807, 2.05) is 0 Å². The molecular formula is C10H13ClN2O3. The number of amides is 1. The Bertz CT molecular complexity index is 371. The maximum absolute atomic E-state index is 10.2. The van der Waals surface area contributed by atoms with E-state index in [-0.39, 0.29) is 12.4 Å². The second-order valence-electron chi connectivity index (χ2n) is 3.12. The summed E-state index contributed by atoms with van der Waals surface area (Å²) in [6.45, 7) is 1.08. The van der Waals surface area contributed by atoms with Crippen LogP contribution in [0.4, 0.5) is 4.79 Å². The van der Waals surface area contributed by atoms with Gasteiger partial charge in [0.25, 0.3) is 0 Å². The summed E-state index contributed by atoms with van der Waals surface area (Å²) in [6, 6.07) is 4.80. The van der Waals surface area contributed by atoms with E-state index >= 15 is 0 Å². The number of carbonyl (C=O) groups is 1. The topological polar surface area (TPSA) is 84.6 Å². The van der Waals surface area contributed by atoms with Crippen molar-refractivity contribution in [3.05, 3.63) is 28.8 Å². The van der Waals surface area contributed by atoms with E-state index in [0.29, 0.717) is 23.7 Å². The predicted octanol–water partition coefficient (Wildman–Crippen LogP) is 1.23. The second-order valence-corrected chi connectivity index (χ2v) is 3.55. The summed E-state index contributed by atoms with van der Waals surface area (Å²) in [5.74, 6) is 0.174. The van der Waals surface area contributed by atoms with Gasteiger partial charge in [-0.05, 0) is 18.2 Å². The van der Waals surface area contributed by atoms with Crippen molar-refractivity contribution in [3.8, 4) is 5.75 Å². The third-order valence-corrected chi connectivity index (χ3v) is 2.12. The Balaban J connectivity index is 2.31. The van der Waals surface area contributed by atoms with E-state index < -0.39 is 6.09 Å². The van der Waals surface area contributed by atoms with Crippen LogP contribution < -0.4 is 11.1 Å². The lowest BCUT2D eigenvalue weighted by atomic mass is 10.2. The summed E-state index contributed by atoms with van der Waals surface area (Å²) in [6.07, 6.45) is -0.799. The summed E-state index contributed by atoms with van der Waals surface area (Å²) in [5, 5.41) is 13.0. The van der Waals surface area contributed by atoms with Gasteiger partial charge in [0, 0.05) is 23.7 Å². The standard InChI is InChI=1S/C10H13ClN2O3/c11-8-1-2-9(14)7(5-8)6-13-3-4-16-10(12)15/h1-2,5,13-14H,3-4,6H2,(H2,12,15). The van der Waals surface area contributed by atoms with Gasteiger partial charge < -0.3 is 20.9 Å². The number of benzene rings is 1. The maximum Gasteiger partial charge on any atom is 0.404 e. The van der Waals surface area contributed by atoms with Crippen molar-refractivity contribution in [2.24, 2.45) is 5.73 Å². The highest BCUT2D eigenvalue weighted by Crippen LogP contribution is 2.20. The summed E-state index contributed by atoms with van der Waals surface area (Å²) >= 11 is 5.77. The summed E-state index contributed by atoms with van der Waals surface area (Å²) < 4.78 is 4.52. The molecule has 5 nitrogen and oxygen atoms in total. The fourth-order valence-corrected chi connectivity index (χ4v) is 1.34. The SMILES string of the molecule is NC(=O)OCCNCc1cc(Cl)ccc1O. The van der Waals surface area contributed by atoms with E-state index in [1.54, 1.807) is 12.1 Å². The Kier molecular flexibility index (Phi) is 4.88. The zero-order chi connectivity index (χ0) is 12.0. The van der Waals surface area contributed by atoms with Crippen molar-refractivity contribution in [1.29, 1.82) is 0 Å². The number of hydrogen-bond acceptors (Lipinski definition) is 4. The van der Waals surface area contributed by atoms with Crippen LogP contribution in [0.2, 0.25) is 5.02 Å². The molecule has 0 atom stereocenters. The molecule has 1 amide bonds. The number of primary amides is 1. The first-order chi connectivity index (χ1) is 7.59. The third kappa shape index (κ3) is 4.37. The number of ether oxygens (including phenoxy) is 1. The van der Waals surface area contributed by atoms with Crippen LogP contribution in [0.3, 0.4) is 0 Å². The molecule has 0 aliphatic carbocycles. The quantitative estimate of drug-likeness (QED) is 0.680. The first-order valence-electron chi connectivity index (χ1n) is 4.70. The Morgan fingerprint density at radius 2 is 2.31 bits per heavy atom. The van der Waals surface area contributed by atoms with E-state index in [0.717, 1.165) is 0 Å². The minimum atomic E-state index is -0.799. The molecule has 0 aromatic heterocycles. The fraction of sp³-hybridized carbons (Fsp3) is 0.300. The van der Waals surface area contributed by atoms with Crippen molar-refractivity contribution in [3.63, 3.8) is 0 Å². The largest absolute Gasteiger partial charge is 0.508 e. The highest BCUT2D eigenvalue weighted by molar-refractivity contribution is 6.30. The molecule has 1 aromatic carbocycles. The molecule has 1 rings (SSSR count). The maximum atomic E-state index is 10.2. The zero-order valence-electron chi connectivity index (χ0n) is 8.57. The number of hydrogen-bond donors (Lipinski definition) is 3. The Labute approximate surface area is 98.2 Å². The van der Waals surface area contributed by atoms with Gasteiger partial charge in [-0.1, -0.05) is 11.6 Å². The number of rotatable bonds is 5. The van der Waals surface area contributed by atoms with Crippen LogP contribution in [0.25, 0.3) is 0 Å². The fourth-order valence-electron chi connectivity index (χ4n) is 1.14. The molecule has 0 spiro atoms. The molecule has 1 aromatic rings. The number of nitrogens with one attached hydrogen (secondary N) is 1. The normalized spacial score (nSPS) is 10.1. The lowest BCUT2D eigenvalue weighted by Crippen LogP contribution is -2.23. The van der Waals surface area contributed by atoms with Crippen molar-refractivity contribution in [1.82, 2.24) is 5.32 Å². The Morgan fingerprint density at radius 3 is 3.00 bits per heavy atom. The summed E-state index contributed by atoms with van der Waals surface area (Å²) in [5.41, 5.74) is 5.47. The summed E-state index contributed by atoms with van der Waals surface area (Å²) in [4.78, 5) is 10.2. The van der Waals surface area contributed by atoms with Crippen molar-refractivity contribution < 1.29 is 14.6 Å². The van der Waals surface area contributed by atoms with Crippen LogP contribution in [0.15, 0.2) is 18.2 Å². The molecule has 88 valence electrons. The lowest BCUT2D eigenvalue weighted by Gasteiger charge is -2.07. The van der Waals surface area contributed by atoms with Crippen molar-refractivity contribution in [2.45, 2.75) is 6.54 Å². The van der Waals surface area contributed by atoms with Crippen LogP contribution in [-0.4, -0.2) is 24.4 Å². The number of aromatic hydroxyl groups is 1. The molecule has 0 fully saturated rings. The molecule has 0 radical (unpaired) electrons. The summed E-state index contributed by atoms with van der Waals surface area (Å²) in [7, 11) is 0. The zero-order valence-corrected chi connectivity index (χ0v) is 9.33. The van der Waals surface area contributed by atoms with E-state index in [1.165, 1.54) is 6.07 Å². The number of halogens is 1. The molecule has 0 bridgehead atoms. The molecule has 6 heteroatoms. The second kappa shape index (κ2) is 6.19. The number of nitrogens with two attached hydrogens (primary N) is 1. The molecule has 0 saturated carbocycles. The number of phenols is 1. The smallest absolute Gasteiger partial charge is 0.404 e. The molecule has 0 aliphatic rings. The molecular weight excluding hydrogens is 232 g/mol. The Hall–Kier alpha value is -1.46. The monoisotopic (exact) mass is 244 g/mol. The highest BCUT2D eigenvalue weighted by Gasteiger charge is 2.01. The van der Waals surface area contributed by atoms with Crippen LogP contribution >= 0.6 is 11.6 Å². The van der Waals surface area contributed by atoms with Gasteiger partial charge in [0.05, 0.1) is 0 Å². The average molecular weight is 245 g/mol. The lowest BCUT2D eigenvalue weighted by molar-refractivity contribution is 0.157. The van der Waals surface area contributed by atoms with Gasteiger partial charge in [-0.2, -0.15) is 0 Å².